The number of benzene rings is 2. The molecule has 0 aliphatic heterocycles. The lowest BCUT2D eigenvalue weighted by Gasteiger charge is -2.17. The van der Waals surface area contributed by atoms with E-state index in [1.807, 2.05) is 26.0 Å². The zero-order valence-electron chi connectivity index (χ0n) is 10.7. The molecule has 4 heteroatoms. The van der Waals surface area contributed by atoms with Crippen molar-refractivity contribution in [3.8, 4) is 0 Å². The highest BCUT2D eigenvalue weighted by Gasteiger charge is 2.17. The summed E-state index contributed by atoms with van der Waals surface area (Å²) in [6.45, 7) is 3.73. The summed E-state index contributed by atoms with van der Waals surface area (Å²) in [7, 11) is 0. The van der Waals surface area contributed by atoms with Crippen LogP contribution in [0, 0.1) is 19.7 Å². The van der Waals surface area contributed by atoms with Crippen molar-refractivity contribution in [3.63, 3.8) is 0 Å². The summed E-state index contributed by atoms with van der Waals surface area (Å²) in [4.78, 5) is 0. The van der Waals surface area contributed by atoms with Gasteiger partial charge >= 0.3 is 0 Å². The fraction of sp³-hybridized carbons (Fsp3) is 0.200. The highest BCUT2D eigenvalue weighted by atomic mass is 79.9. The van der Waals surface area contributed by atoms with Crippen molar-refractivity contribution in [1.29, 1.82) is 0 Å². The topological polar surface area (TPSA) is 26.0 Å². The van der Waals surface area contributed by atoms with E-state index in [0.29, 0.717) is 10.6 Å². The van der Waals surface area contributed by atoms with E-state index in [2.05, 4.69) is 15.9 Å². The zero-order chi connectivity index (χ0) is 14.2. The van der Waals surface area contributed by atoms with E-state index in [-0.39, 0.29) is 5.82 Å². The molecule has 2 rings (SSSR count). The lowest BCUT2D eigenvalue weighted by molar-refractivity contribution is 0.596. The van der Waals surface area contributed by atoms with Crippen LogP contribution in [-0.2, 0) is 0 Å². The van der Waals surface area contributed by atoms with Crippen LogP contribution < -0.4 is 5.73 Å². The Kier molecular flexibility index (Phi) is 4.29. The third-order valence-electron chi connectivity index (χ3n) is 3.04. The number of nitrogens with two attached hydrogens (primary N) is 1. The maximum atomic E-state index is 14.1. The normalized spacial score (nSPS) is 12.5. The molecule has 0 bridgehead atoms. The molecular formula is C15H14BrClFN. The van der Waals surface area contributed by atoms with Gasteiger partial charge in [0.1, 0.15) is 5.82 Å². The maximum Gasteiger partial charge on any atom is 0.128 e. The summed E-state index contributed by atoms with van der Waals surface area (Å²) < 4.78 is 15.0. The lowest BCUT2D eigenvalue weighted by atomic mass is 9.94. The summed E-state index contributed by atoms with van der Waals surface area (Å²) in [5.74, 6) is -0.277. The molecule has 0 aliphatic carbocycles. The molecule has 2 N–H and O–H groups in total. The molecular weight excluding hydrogens is 329 g/mol. The van der Waals surface area contributed by atoms with Crippen LogP contribution in [0.15, 0.2) is 34.8 Å². The summed E-state index contributed by atoms with van der Waals surface area (Å²) in [6.07, 6.45) is 0. The Labute approximate surface area is 125 Å². The molecule has 2 aromatic carbocycles. The van der Waals surface area contributed by atoms with Crippen LogP contribution in [0.3, 0.4) is 0 Å². The van der Waals surface area contributed by atoms with E-state index < -0.39 is 6.04 Å². The second-order valence-electron chi connectivity index (χ2n) is 4.66. The number of rotatable bonds is 2. The molecule has 0 radical (unpaired) electrons. The molecule has 0 heterocycles. The minimum absolute atomic E-state index is 0.277. The first kappa shape index (κ1) is 14.5. The van der Waals surface area contributed by atoms with E-state index >= 15 is 0 Å². The minimum Gasteiger partial charge on any atom is -0.320 e. The van der Waals surface area contributed by atoms with Crippen molar-refractivity contribution in [3.05, 3.63) is 67.9 Å². The van der Waals surface area contributed by atoms with Crippen molar-refractivity contribution in [2.75, 3.05) is 0 Å². The van der Waals surface area contributed by atoms with Gasteiger partial charge in [-0.3, -0.25) is 0 Å². The molecule has 0 saturated heterocycles. The monoisotopic (exact) mass is 341 g/mol. The van der Waals surface area contributed by atoms with Crippen molar-refractivity contribution in [1.82, 2.24) is 0 Å². The van der Waals surface area contributed by atoms with Crippen molar-refractivity contribution in [2.24, 2.45) is 5.73 Å². The Bertz CT molecular complexity index is 584. The molecule has 19 heavy (non-hydrogen) atoms. The smallest absolute Gasteiger partial charge is 0.128 e. The third-order valence-corrected chi connectivity index (χ3v) is 3.71. The predicted octanol–water partition coefficient (Wildman–Crippen LogP) is 4.91. The summed E-state index contributed by atoms with van der Waals surface area (Å²) >= 11 is 9.38. The summed E-state index contributed by atoms with van der Waals surface area (Å²) in [5, 5.41) is 0.574. The standard InChI is InChI=1S/C15H14BrClFN/c1-8-3-9(2)14(13(18)4-8)15(19)10-5-11(16)7-12(17)6-10/h3-7,15H,19H2,1-2H3. The van der Waals surface area contributed by atoms with E-state index in [9.17, 15) is 4.39 Å². The SMILES string of the molecule is Cc1cc(C)c(C(N)c2cc(Cl)cc(Br)c2)c(F)c1. The van der Waals surface area contributed by atoms with Crippen molar-refractivity contribution < 1.29 is 4.39 Å². The maximum absolute atomic E-state index is 14.1. The van der Waals surface area contributed by atoms with Gasteiger partial charge in [0.2, 0.25) is 0 Å². The van der Waals surface area contributed by atoms with Crippen LogP contribution in [-0.4, -0.2) is 0 Å². The van der Waals surface area contributed by atoms with Gasteiger partial charge in [-0.25, -0.2) is 4.39 Å². The second-order valence-corrected chi connectivity index (χ2v) is 6.01. The van der Waals surface area contributed by atoms with Crippen LogP contribution in [0.4, 0.5) is 4.39 Å². The van der Waals surface area contributed by atoms with Gasteiger partial charge < -0.3 is 5.73 Å². The first-order chi connectivity index (χ1) is 8.88. The average molecular weight is 343 g/mol. The fourth-order valence-corrected chi connectivity index (χ4v) is 3.13. The van der Waals surface area contributed by atoms with Crippen LogP contribution in [0.5, 0.6) is 0 Å². The van der Waals surface area contributed by atoms with Gasteiger partial charge in [0.15, 0.2) is 0 Å². The van der Waals surface area contributed by atoms with Gasteiger partial charge in [0, 0.05) is 15.1 Å². The van der Waals surface area contributed by atoms with Gasteiger partial charge in [-0.15, -0.1) is 0 Å². The average Bonchev–Trinajstić information content (AvgIpc) is 2.25. The summed E-state index contributed by atoms with van der Waals surface area (Å²) in [5.41, 5.74) is 9.22. The lowest BCUT2D eigenvalue weighted by Crippen LogP contribution is -2.15. The Morgan fingerprint density at radius 2 is 1.84 bits per heavy atom. The van der Waals surface area contributed by atoms with Crippen LogP contribution >= 0.6 is 27.5 Å². The van der Waals surface area contributed by atoms with Crippen molar-refractivity contribution in [2.45, 2.75) is 19.9 Å². The molecule has 0 aliphatic rings. The van der Waals surface area contributed by atoms with Gasteiger partial charge in [-0.2, -0.15) is 0 Å². The minimum atomic E-state index is -0.532. The van der Waals surface area contributed by atoms with E-state index in [0.717, 1.165) is 21.2 Å². The largest absolute Gasteiger partial charge is 0.320 e. The molecule has 0 amide bonds. The molecule has 0 spiro atoms. The molecule has 0 aromatic heterocycles. The Hall–Kier alpha value is -0.900. The Balaban J connectivity index is 2.52. The van der Waals surface area contributed by atoms with Crippen LogP contribution in [0.2, 0.25) is 5.02 Å². The van der Waals surface area contributed by atoms with Crippen LogP contribution in [0.25, 0.3) is 0 Å². The molecule has 1 atom stereocenters. The molecule has 1 unspecified atom stereocenters. The van der Waals surface area contributed by atoms with E-state index in [1.54, 1.807) is 12.1 Å². The quantitative estimate of drug-likeness (QED) is 0.825. The highest BCUT2D eigenvalue weighted by molar-refractivity contribution is 9.10. The second kappa shape index (κ2) is 5.61. The number of aryl methyl sites for hydroxylation is 2. The fourth-order valence-electron chi connectivity index (χ4n) is 2.24. The molecule has 0 saturated carbocycles. The number of hydrogen-bond donors (Lipinski definition) is 1. The van der Waals surface area contributed by atoms with E-state index in [4.69, 9.17) is 17.3 Å². The van der Waals surface area contributed by atoms with Crippen molar-refractivity contribution >= 4 is 27.5 Å². The Morgan fingerprint density at radius 1 is 1.16 bits per heavy atom. The molecule has 0 fully saturated rings. The van der Waals surface area contributed by atoms with Gasteiger partial charge in [0.05, 0.1) is 6.04 Å². The highest BCUT2D eigenvalue weighted by Crippen LogP contribution is 2.30. The van der Waals surface area contributed by atoms with E-state index in [1.165, 1.54) is 6.07 Å². The number of halogens is 3. The zero-order valence-corrected chi connectivity index (χ0v) is 13.0. The summed E-state index contributed by atoms with van der Waals surface area (Å²) in [6, 6.07) is 8.29. The molecule has 100 valence electrons. The van der Waals surface area contributed by atoms with Gasteiger partial charge in [-0.1, -0.05) is 33.6 Å². The first-order valence-electron chi connectivity index (χ1n) is 5.86. The first-order valence-corrected chi connectivity index (χ1v) is 7.04. The molecule has 2 aromatic rings. The predicted molar refractivity (Wildman–Crippen MR) is 81.1 cm³/mol. The van der Waals surface area contributed by atoms with Gasteiger partial charge in [0.25, 0.3) is 0 Å². The third kappa shape index (κ3) is 3.16. The number of hydrogen-bond acceptors (Lipinski definition) is 1. The van der Waals surface area contributed by atoms with Crippen LogP contribution in [0.1, 0.15) is 28.3 Å². The Morgan fingerprint density at radius 3 is 2.42 bits per heavy atom. The molecule has 1 nitrogen and oxygen atoms in total. The van der Waals surface area contributed by atoms with Gasteiger partial charge in [-0.05, 0) is 54.8 Å².